The quantitative estimate of drug-likeness (QED) is 0.769. The molecule has 0 bridgehead atoms. The van der Waals surface area contributed by atoms with Crippen molar-refractivity contribution in [2.24, 2.45) is 0 Å². The number of fused-ring (bicyclic) bond motifs is 1. The highest BCUT2D eigenvalue weighted by Gasteiger charge is 2.15. The minimum Gasteiger partial charge on any atom is -0.396 e. The van der Waals surface area contributed by atoms with Crippen LogP contribution in [0.2, 0.25) is 0 Å². The molecule has 0 atom stereocenters. The molecule has 0 saturated carbocycles. The number of rotatable bonds is 2. The van der Waals surface area contributed by atoms with Gasteiger partial charge in [-0.25, -0.2) is 4.39 Å². The molecule has 100 valence electrons. The number of pyridine rings is 1. The maximum absolute atomic E-state index is 14.0. The van der Waals surface area contributed by atoms with Crippen molar-refractivity contribution in [3.63, 3.8) is 0 Å². The number of aromatic nitrogens is 1. The second-order valence-electron chi connectivity index (χ2n) is 4.59. The van der Waals surface area contributed by atoms with E-state index in [1.54, 1.807) is 36.3 Å². The maximum atomic E-state index is 14.0. The Morgan fingerprint density at radius 3 is 2.55 bits per heavy atom. The van der Waals surface area contributed by atoms with Crippen molar-refractivity contribution >= 4 is 28.0 Å². The van der Waals surface area contributed by atoms with Crippen LogP contribution in [0.4, 0.5) is 21.5 Å². The lowest BCUT2D eigenvalue weighted by Crippen LogP contribution is -2.14. The van der Waals surface area contributed by atoms with Crippen molar-refractivity contribution in [3.8, 4) is 0 Å². The lowest BCUT2D eigenvalue weighted by molar-refractivity contribution is 0.628. The van der Waals surface area contributed by atoms with Crippen molar-refractivity contribution in [3.05, 3.63) is 60.5 Å². The highest BCUT2D eigenvalue weighted by atomic mass is 19.1. The first-order chi connectivity index (χ1) is 9.68. The van der Waals surface area contributed by atoms with Gasteiger partial charge in [-0.2, -0.15) is 0 Å². The second kappa shape index (κ2) is 4.81. The van der Waals surface area contributed by atoms with Crippen molar-refractivity contribution in [2.75, 3.05) is 17.7 Å². The second-order valence-corrected chi connectivity index (χ2v) is 4.59. The van der Waals surface area contributed by atoms with Gasteiger partial charge in [-0.3, -0.25) is 4.98 Å². The molecule has 3 aromatic rings. The molecule has 1 aromatic heterocycles. The van der Waals surface area contributed by atoms with Crippen molar-refractivity contribution < 1.29 is 4.39 Å². The smallest absolute Gasteiger partial charge is 0.146 e. The van der Waals surface area contributed by atoms with Crippen molar-refractivity contribution in [1.82, 2.24) is 4.98 Å². The predicted octanol–water partition coefficient (Wildman–Crippen LogP) is 3.72. The Labute approximate surface area is 116 Å². The molecule has 2 aromatic carbocycles. The minimum atomic E-state index is -0.282. The molecule has 2 N–H and O–H groups in total. The van der Waals surface area contributed by atoms with E-state index in [1.807, 2.05) is 24.3 Å². The average molecular weight is 267 g/mol. The van der Waals surface area contributed by atoms with Crippen LogP contribution < -0.4 is 10.6 Å². The number of benzene rings is 2. The molecule has 0 fully saturated rings. The summed E-state index contributed by atoms with van der Waals surface area (Å²) >= 11 is 0. The van der Waals surface area contributed by atoms with Gasteiger partial charge in [-0.1, -0.05) is 30.3 Å². The fourth-order valence-electron chi connectivity index (χ4n) is 2.36. The van der Waals surface area contributed by atoms with Crippen LogP contribution in [0.1, 0.15) is 0 Å². The molecule has 0 saturated heterocycles. The third-order valence-corrected chi connectivity index (χ3v) is 3.32. The van der Waals surface area contributed by atoms with Crippen LogP contribution >= 0.6 is 0 Å². The third-order valence-electron chi connectivity index (χ3n) is 3.32. The molecule has 1 heterocycles. The van der Waals surface area contributed by atoms with E-state index in [1.165, 1.54) is 6.07 Å². The van der Waals surface area contributed by atoms with E-state index < -0.39 is 0 Å². The molecule has 0 amide bonds. The third kappa shape index (κ3) is 1.95. The first kappa shape index (κ1) is 12.4. The van der Waals surface area contributed by atoms with Crippen LogP contribution in [0, 0.1) is 5.82 Å². The van der Waals surface area contributed by atoms with E-state index in [9.17, 15) is 4.39 Å². The Morgan fingerprint density at radius 2 is 1.75 bits per heavy atom. The molecule has 0 unspecified atom stereocenters. The molecule has 3 nitrogen and oxygen atoms in total. The number of hydrogen-bond acceptors (Lipinski definition) is 3. The van der Waals surface area contributed by atoms with Gasteiger partial charge < -0.3 is 10.6 Å². The van der Waals surface area contributed by atoms with Crippen LogP contribution in [0.5, 0.6) is 0 Å². The fourth-order valence-corrected chi connectivity index (χ4v) is 2.36. The summed E-state index contributed by atoms with van der Waals surface area (Å²) in [4.78, 5) is 6.05. The Bertz CT molecular complexity index is 771. The van der Waals surface area contributed by atoms with Gasteiger partial charge in [0.25, 0.3) is 0 Å². The highest BCUT2D eigenvalue weighted by molar-refractivity contribution is 5.99. The molecular formula is C16H14FN3. The number of nitrogen functional groups attached to an aromatic ring is 1. The molecule has 0 spiro atoms. The zero-order chi connectivity index (χ0) is 14.1. The van der Waals surface area contributed by atoms with Gasteiger partial charge in [0.1, 0.15) is 5.82 Å². The molecule has 3 rings (SSSR count). The summed E-state index contributed by atoms with van der Waals surface area (Å²) in [7, 11) is 1.80. The fraction of sp³-hybridized carbons (Fsp3) is 0.0625. The summed E-state index contributed by atoms with van der Waals surface area (Å²) in [6.45, 7) is 0. The number of nitrogens with zero attached hydrogens (tertiary/aromatic N) is 2. The van der Waals surface area contributed by atoms with Crippen LogP contribution in [-0.4, -0.2) is 12.0 Å². The Hall–Kier alpha value is -2.62. The van der Waals surface area contributed by atoms with Crippen LogP contribution in [0.25, 0.3) is 10.9 Å². The van der Waals surface area contributed by atoms with Crippen molar-refractivity contribution in [2.45, 2.75) is 0 Å². The zero-order valence-electron chi connectivity index (χ0n) is 11.0. The molecular weight excluding hydrogens is 253 g/mol. The van der Waals surface area contributed by atoms with E-state index in [0.29, 0.717) is 11.4 Å². The van der Waals surface area contributed by atoms with E-state index in [-0.39, 0.29) is 5.82 Å². The summed E-state index contributed by atoms with van der Waals surface area (Å²) in [5, 5.41) is 0.901. The lowest BCUT2D eigenvalue weighted by atomic mass is 10.1. The molecule has 20 heavy (non-hydrogen) atoms. The summed E-state index contributed by atoms with van der Waals surface area (Å²) in [6.07, 6.45) is 1.61. The molecule has 0 radical (unpaired) electrons. The molecule has 0 aliphatic rings. The minimum absolute atomic E-state index is 0.282. The SMILES string of the molecule is CN(c1ccccc1F)c1c(N)cnc2ccccc12. The van der Waals surface area contributed by atoms with Crippen LogP contribution in [0.3, 0.4) is 0 Å². The summed E-state index contributed by atoms with van der Waals surface area (Å²) in [6, 6.07) is 14.3. The number of nitrogens with two attached hydrogens (primary N) is 1. The number of hydrogen-bond donors (Lipinski definition) is 1. The molecule has 4 heteroatoms. The number of anilines is 3. The van der Waals surface area contributed by atoms with E-state index in [4.69, 9.17) is 5.73 Å². The monoisotopic (exact) mass is 267 g/mol. The molecule has 0 aliphatic heterocycles. The van der Waals surface area contributed by atoms with E-state index in [2.05, 4.69) is 4.98 Å². The largest absolute Gasteiger partial charge is 0.396 e. The maximum Gasteiger partial charge on any atom is 0.146 e. The Balaban J connectivity index is 2.24. The normalized spacial score (nSPS) is 10.7. The number of halogens is 1. The zero-order valence-corrected chi connectivity index (χ0v) is 11.0. The highest BCUT2D eigenvalue weighted by Crippen LogP contribution is 2.35. The summed E-state index contributed by atoms with van der Waals surface area (Å²) in [5.74, 6) is -0.282. The van der Waals surface area contributed by atoms with Crippen LogP contribution in [-0.2, 0) is 0 Å². The van der Waals surface area contributed by atoms with Gasteiger partial charge in [0.2, 0.25) is 0 Å². The predicted molar refractivity (Wildman–Crippen MR) is 80.6 cm³/mol. The first-order valence-electron chi connectivity index (χ1n) is 6.30. The van der Waals surface area contributed by atoms with Gasteiger partial charge in [0.05, 0.1) is 28.8 Å². The van der Waals surface area contributed by atoms with Gasteiger partial charge in [-0.05, 0) is 18.2 Å². The standard InChI is InChI=1S/C16H14FN3/c1-20(15-9-5-3-7-12(15)17)16-11-6-2-4-8-14(11)19-10-13(16)18/h2-10H,18H2,1H3. The van der Waals surface area contributed by atoms with Crippen LogP contribution in [0.15, 0.2) is 54.7 Å². The molecule has 0 aliphatic carbocycles. The summed E-state index contributed by atoms with van der Waals surface area (Å²) in [5.41, 5.74) is 8.65. The van der Waals surface area contributed by atoms with Gasteiger partial charge in [0.15, 0.2) is 0 Å². The van der Waals surface area contributed by atoms with E-state index >= 15 is 0 Å². The Kier molecular flexibility index (Phi) is 2.99. The number of para-hydroxylation sites is 2. The van der Waals surface area contributed by atoms with Gasteiger partial charge in [-0.15, -0.1) is 0 Å². The average Bonchev–Trinajstić information content (AvgIpc) is 2.47. The summed E-state index contributed by atoms with van der Waals surface area (Å²) < 4.78 is 14.0. The lowest BCUT2D eigenvalue weighted by Gasteiger charge is -2.23. The topological polar surface area (TPSA) is 42.1 Å². The first-order valence-corrected chi connectivity index (χ1v) is 6.30. The van der Waals surface area contributed by atoms with Crippen molar-refractivity contribution in [1.29, 1.82) is 0 Å². The van der Waals surface area contributed by atoms with Gasteiger partial charge >= 0.3 is 0 Å². The Morgan fingerprint density at radius 1 is 1.05 bits per heavy atom. The van der Waals surface area contributed by atoms with Gasteiger partial charge in [0, 0.05) is 12.4 Å². The van der Waals surface area contributed by atoms with E-state index in [0.717, 1.165) is 16.6 Å².